The quantitative estimate of drug-likeness (QED) is 0.303. The summed E-state index contributed by atoms with van der Waals surface area (Å²) in [7, 11) is -3.88. The van der Waals surface area contributed by atoms with Crippen molar-refractivity contribution in [2.75, 3.05) is 15.8 Å². The normalized spacial score (nSPS) is 15.3. The summed E-state index contributed by atoms with van der Waals surface area (Å²) in [6, 6.07) is 21.8. The molecule has 39 heavy (non-hydrogen) atoms. The maximum absolute atomic E-state index is 12.8. The third-order valence-corrected chi connectivity index (χ3v) is 8.76. The Morgan fingerprint density at radius 3 is 2.31 bits per heavy atom. The Balaban J connectivity index is 1.23. The van der Waals surface area contributed by atoms with E-state index in [9.17, 15) is 18.0 Å². The van der Waals surface area contributed by atoms with Crippen molar-refractivity contribution in [3.8, 4) is 0 Å². The fourth-order valence-electron chi connectivity index (χ4n) is 3.94. The van der Waals surface area contributed by atoms with Crippen LogP contribution in [0.4, 0.5) is 11.6 Å². The van der Waals surface area contributed by atoms with Crippen LogP contribution in [0.2, 0.25) is 5.02 Å². The monoisotopic (exact) mass is 579 g/mol. The standard InChI is InChI=1S/C27H22ClN5O4S2/c28-21-8-2-18(3-9-21)16-33-24(34)17-38-26(33)20-6-4-19(5-7-20)25(35)31-22-10-12-23(13-11-22)39(36,37)32-27-29-14-1-15-30-27/h1-15,26H,16-17H2,(H,31,35)(H,29,30,32). The fourth-order valence-corrected chi connectivity index (χ4v) is 6.21. The first-order valence-electron chi connectivity index (χ1n) is 11.8. The topological polar surface area (TPSA) is 121 Å². The lowest BCUT2D eigenvalue weighted by Gasteiger charge is -2.24. The smallest absolute Gasteiger partial charge is 0.264 e. The molecule has 4 aromatic rings. The van der Waals surface area contributed by atoms with Gasteiger partial charge in [0.2, 0.25) is 11.9 Å². The number of carbonyl (C=O) groups excluding carboxylic acids is 2. The number of hydrogen-bond donors (Lipinski definition) is 2. The van der Waals surface area contributed by atoms with Crippen LogP contribution in [0, 0.1) is 0 Å². The van der Waals surface area contributed by atoms with E-state index in [0.29, 0.717) is 28.6 Å². The van der Waals surface area contributed by atoms with Gasteiger partial charge in [0, 0.05) is 35.2 Å². The second kappa shape index (κ2) is 11.4. The van der Waals surface area contributed by atoms with Crippen LogP contribution in [0.3, 0.4) is 0 Å². The molecular weight excluding hydrogens is 558 g/mol. The van der Waals surface area contributed by atoms with Gasteiger partial charge < -0.3 is 10.2 Å². The molecule has 1 unspecified atom stereocenters. The highest BCUT2D eigenvalue weighted by molar-refractivity contribution is 8.00. The van der Waals surface area contributed by atoms with Crippen LogP contribution in [0.15, 0.2) is 96.2 Å². The van der Waals surface area contributed by atoms with Gasteiger partial charge in [0.1, 0.15) is 5.37 Å². The lowest BCUT2D eigenvalue weighted by atomic mass is 10.1. The number of hydrogen-bond acceptors (Lipinski definition) is 7. The molecule has 0 aliphatic carbocycles. The molecule has 1 atom stereocenters. The van der Waals surface area contributed by atoms with Crippen molar-refractivity contribution in [2.24, 2.45) is 0 Å². The molecule has 3 aromatic carbocycles. The van der Waals surface area contributed by atoms with Crippen molar-refractivity contribution in [2.45, 2.75) is 16.8 Å². The maximum Gasteiger partial charge on any atom is 0.264 e. The summed E-state index contributed by atoms with van der Waals surface area (Å²) in [5.74, 6) is 0.0618. The number of halogens is 1. The van der Waals surface area contributed by atoms with Crippen LogP contribution in [0.1, 0.15) is 26.9 Å². The van der Waals surface area contributed by atoms with Crippen LogP contribution in [0.5, 0.6) is 0 Å². The zero-order valence-electron chi connectivity index (χ0n) is 20.3. The van der Waals surface area contributed by atoms with Gasteiger partial charge in [0.15, 0.2) is 0 Å². The Morgan fingerprint density at radius 1 is 0.974 bits per heavy atom. The number of sulfonamides is 1. The van der Waals surface area contributed by atoms with Crippen molar-refractivity contribution < 1.29 is 18.0 Å². The highest BCUT2D eigenvalue weighted by Crippen LogP contribution is 2.39. The molecule has 12 heteroatoms. The molecule has 1 aromatic heterocycles. The molecule has 2 heterocycles. The van der Waals surface area contributed by atoms with Gasteiger partial charge >= 0.3 is 0 Å². The average molecular weight is 580 g/mol. The van der Waals surface area contributed by atoms with E-state index in [-0.39, 0.29) is 28.0 Å². The SMILES string of the molecule is O=C(Nc1ccc(S(=O)(=O)Nc2ncccn2)cc1)c1ccc(C2SCC(=O)N2Cc2ccc(Cl)cc2)cc1. The highest BCUT2D eigenvalue weighted by atomic mass is 35.5. The van der Waals surface area contributed by atoms with E-state index >= 15 is 0 Å². The minimum absolute atomic E-state index is 0.00377. The van der Waals surface area contributed by atoms with E-state index in [0.717, 1.165) is 11.1 Å². The van der Waals surface area contributed by atoms with Crippen LogP contribution in [-0.4, -0.2) is 40.9 Å². The molecule has 2 amide bonds. The van der Waals surface area contributed by atoms with Crippen LogP contribution in [0.25, 0.3) is 0 Å². The lowest BCUT2D eigenvalue weighted by molar-refractivity contribution is -0.128. The Morgan fingerprint density at radius 2 is 1.64 bits per heavy atom. The summed E-state index contributed by atoms with van der Waals surface area (Å²) in [5.41, 5.74) is 2.77. The van der Waals surface area contributed by atoms with E-state index in [1.165, 1.54) is 36.7 Å². The first kappa shape index (κ1) is 26.7. The fraction of sp³-hybridized carbons (Fsp3) is 0.111. The summed E-state index contributed by atoms with van der Waals surface area (Å²) < 4.78 is 27.4. The summed E-state index contributed by atoms with van der Waals surface area (Å²) >= 11 is 7.52. The van der Waals surface area contributed by atoms with Gasteiger partial charge in [-0.15, -0.1) is 11.8 Å². The first-order valence-corrected chi connectivity index (χ1v) is 14.7. The Hall–Kier alpha value is -3.93. The predicted molar refractivity (Wildman–Crippen MR) is 151 cm³/mol. The van der Waals surface area contributed by atoms with Crippen LogP contribution >= 0.6 is 23.4 Å². The minimum Gasteiger partial charge on any atom is -0.322 e. The lowest BCUT2D eigenvalue weighted by Crippen LogP contribution is -2.27. The molecule has 0 spiro atoms. The number of rotatable bonds is 8. The molecule has 5 rings (SSSR count). The van der Waals surface area contributed by atoms with Gasteiger partial charge in [0.05, 0.1) is 10.6 Å². The van der Waals surface area contributed by atoms with E-state index in [1.54, 1.807) is 42.1 Å². The first-order chi connectivity index (χ1) is 18.8. The molecule has 1 saturated heterocycles. The van der Waals surface area contributed by atoms with Crippen molar-refractivity contribution in [1.29, 1.82) is 0 Å². The number of amides is 2. The average Bonchev–Trinajstić information content (AvgIpc) is 3.30. The molecule has 0 radical (unpaired) electrons. The van der Waals surface area contributed by atoms with E-state index in [4.69, 9.17) is 11.6 Å². The van der Waals surface area contributed by atoms with Crippen molar-refractivity contribution >= 4 is 56.8 Å². The molecule has 198 valence electrons. The predicted octanol–water partition coefficient (Wildman–Crippen LogP) is 4.96. The number of nitrogens with one attached hydrogen (secondary N) is 2. The number of thioether (sulfide) groups is 1. The van der Waals surface area contributed by atoms with Gasteiger partial charge in [0.25, 0.3) is 15.9 Å². The summed E-state index contributed by atoms with van der Waals surface area (Å²) in [6.07, 6.45) is 2.86. The molecule has 1 aliphatic rings. The third kappa shape index (κ3) is 6.39. The largest absolute Gasteiger partial charge is 0.322 e. The molecule has 0 bridgehead atoms. The second-order valence-corrected chi connectivity index (χ2v) is 11.8. The van der Waals surface area contributed by atoms with Crippen molar-refractivity contribution in [3.63, 3.8) is 0 Å². The van der Waals surface area contributed by atoms with Crippen molar-refractivity contribution in [3.05, 3.63) is 113 Å². The summed E-state index contributed by atoms with van der Waals surface area (Å²) in [5, 5.41) is 3.25. The van der Waals surface area contributed by atoms with Gasteiger partial charge in [-0.05, 0) is 65.7 Å². The molecular formula is C27H22ClN5O4S2. The van der Waals surface area contributed by atoms with Gasteiger partial charge in [-0.3, -0.25) is 9.59 Å². The molecule has 1 aliphatic heterocycles. The molecule has 0 saturated carbocycles. The second-order valence-electron chi connectivity index (χ2n) is 8.59. The zero-order chi connectivity index (χ0) is 27.4. The molecule has 1 fully saturated rings. The zero-order valence-corrected chi connectivity index (χ0v) is 22.7. The summed E-state index contributed by atoms with van der Waals surface area (Å²) in [6.45, 7) is 0.468. The van der Waals surface area contributed by atoms with Crippen LogP contribution in [-0.2, 0) is 21.4 Å². The van der Waals surface area contributed by atoms with Crippen molar-refractivity contribution in [1.82, 2.24) is 14.9 Å². The van der Waals surface area contributed by atoms with Gasteiger partial charge in [-0.25, -0.2) is 23.1 Å². The number of aromatic nitrogens is 2. The summed E-state index contributed by atoms with van der Waals surface area (Å²) in [4.78, 5) is 34.9. The van der Waals surface area contributed by atoms with Gasteiger partial charge in [-0.2, -0.15) is 0 Å². The van der Waals surface area contributed by atoms with Gasteiger partial charge in [-0.1, -0.05) is 35.9 Å². The Bertz CT molecular complexity index is 1580. The number of benzene rings is 3. The Kier molecular flexibility index (Phi) is 7.82. The number of anilines is 2. The number of carbonyl (C=O) groups is 2. The molecule has 2 N–H and O–H groups in total. The minimum atomic E-state index is -3.88. The maximum atomic E-state index is 12.8. The number of nitrogens with zero attached hydrogens (tertiary/aromatic N) is 3. The third-order valence-electron chi connectivity index (χ3n) is 5.91. The Labute approximate surface area is 234 Å². The highest BCUT2D eigenvalue weighted by Gasteiger charge is 2.32. The van der Waals surface area contributed by atoms with E-state index in [1.807, 2.05) is 29.2 Å². The van der Waals surface area contributed by atoms with E-state index in [2.05, 4.69) is 20.0 Å². The molecule has 9 nitrogen and oxygen atoms in total. The van der Waals surface area contributed by atoms with E-state index < -0.39 is 10.0 Å². The van der Waals surface area contributed by atoms with Crippen LogP contribution < -0.4 is 10.0 Å².